The molecule has 0 aliphatic carbocycles. The zero-order valence-corrected chi connectivity index (χ0v) is 17.7. The van der Waals surface area contributed by atoms with Gasteiger partial charge in [0.1, 0.15) is 6.54 Å². The number of aryl methyl sites for hydroxylation is 2. The average Bonchev–Trinajstić information content (AvgIpc) is 2.69. The van der Waals surface area contributed by atoms with Crippen LogP contribution in [0, 0.1) is 13.8 Å². The molecule has 0 radical (unpaired) electrons. The van der Waals surface area contributed by atoms with Crippen LogP contribution in [0.2, 0.25) is 0 Å². The molecule has 0 saturated carbocycles. The van der Waals surface area contributed by atoms with E-state index in [0.717, 1.165) is 54.4 Å². The Morgan fingerprint density at radius 1 is 1.00 bits per heavy atom. The molecule has 2 aromatic rings. The molecule has 1 fully saturated rings. The third-order valence-corrected chi connectivity index (χ3v) is 5.37. The molecule has 2 amide bonds. The number of nitrogens with zero attached hydrogens (tertiary/aromatic N) is 3. The molecule has 154 valence electrons. The van der Waals surface area contributed by atoms with Crippen LogP contribution in [-0.4, -0.2) is 56.5 Å². The largest absolute Gasteiger partial charge is 0.369 e. The van der Waals surface area contributed by atoms with Crippen molar-refractivity contribution in [3.8, 4) is 0 Å². The summed E-state index contributed by atoms with van der Waals surface area (Å²) in [4.78, 5) is 30.9. The lowest BCUT2D eigenvalue weighted by molar-refractivity contribution is -0.120. The molecule has 0 aromatic heterocycles. The summed E-state index contributed by atoms with van der Waals surface area (Å²) >= 11 is 0. The smallest absolute Gasteiger partial charge is 0.244 e. The molecule has 1 saturated heterocycles. The van der Waals surface area contributed by atoms with E-state index in [2.05, 4.69) is 22.2 Å². The van der Waals surface area contributed by atoms with Gasteiger partial charge in [0, 0.05) is 50.2 Å². The van der Waals surface area contributed by atoms with Gasteiger partial charge in [-0.1, -0.05) is 17.7 Å². The minimum absolute atomic E-state index is 0.0174. The number of piperazine rings is 1. The molecular weight excluding hydrogens is 364 g/mol. The van der Waals surface area contributed by atoms with E-state index in [0.29, 0.717) is 0 Å². The van der Waals surface area contributed by atoms with Crippen LogP contribution in [0.15, 0.2) is 42.5 Å². The van der Waals surface area contributed by atoms with E-state index in [9.17, 15) is 9.59 Å². The van der Waals surface area contributed by atoms with Gasteiger partial charge < -0.3 is 20.0 Å². The molecule has 3 rings (SSSR count). The summed E-state index contributed by atoms with van der Waals surface area (Å²) < 4.78 is 0. The van der Waals surface area contributed by atoms with Crippen molar-refractivity contribution in [3.05, 3.63) is 53.6 Å². The van der Waals surface area contributed by atoms with Crippen molar-refractivity contribution in [2.24, 2.45) is 0 Å². The highest BCUT2D eigenvalue weighted by Crippen LogP contribution is 2.22. The van der Waals surface area contributed by atoms with Gasteiger partial charge in [-0.15, -0.1) is 0 Å². The van der Waals surface area contributed by atoms with Gasteiger partial charge >= 0.3 is 0 Å². The number of hydrogen-bond acceptors (Lipinski definition) is 4. The highest BCUT2D eigenvalue weighted by atomic mass is 16.2. The molecule has 1 aliphatic heterocycles. The Bertz CT molecular complexity index is 871. The first-order valence-electron chi connectivity index (χ1n) is 10.0. The Balaban J connectivity index is 1.67. The number of benzene rings is 2. The van der Waals surface area contributed by atoms with Crippen LogP contribution >= 0.6 is 0 Å². The summed E-state index contributed by atoms with van der Waals surface area (Å²) in [5.74, 6) is -0.372. The van der Waals surface area contributed by atoms with E-state index in [1.54, 1.807) is 0 Å². The number of amides is 2. The normalized spacial score (nSPS) is 14.6. The van der Waals surface area contributed by atoms with E-state index in [1.165, 1.54) is 11.8 Å². The molecule has 0 atom stereocenters. The number of likely N-dealkylation sites (N-methyl/N-ethyl adjacent to an activating group) is 1. The summed E-state index contributed by atoms with van der Waals surface area (Å²) in [6.45, 7) is 9.51. The second-order valence-electron chi connectivity index (χ2n) is 7.78. The van der Waals surface area contributed by atoms with Crippen molar-refractivity contribution in [2.45, 2.75) is 20.8 Å². The monoisotopic (exact) mass is 394 g/mol. The van der Waals surface area contributed by atoms with Crippen LogP contribution in [0.3, 0.4) is 0 Å². The van der Waals surface area contributed by atoms with Crippen molar-refractivity contribution in [3.63, 3.8) is 0 Å². The molecule has 6 heteroatoms. The first kappa shape index (κ1) is 20.9. The Morgan fingerprint density at radius 3 is 2.24 bits per heavy atom. The summed E-state index contributed by atoms with van der Waals surface area (Å²) in [6.07, 6.45) is 0. The van der Waals surface area contributed by atoms with E-state index >= 15 is 0 Å². The van der Waals surface area contributed by atoms with Crippen LogP contribution < -0.4 is 15.1 Å². The summed E-state index contributed by atoms with van der Waals surface area (Å²) in [5, 5.41) is 2.91. The first-order valence-corrected chi connectivity index (χ1v) is 10.0. The fourth-order valence-electron chi connectivity index (χ4n) is 3.58. The van der Waals surface area contributed by atoms with Gasteiger partial charge in [-0.3, -0.25) is 9.59 Å². The quantitative estimate of drug-likeness (QED) is 0.847. The zero-order chi connectivity index (χ0) is 21.0. The molecule has 1 aliphatic rings. The van der Waals surface area contributed by atoms with Crippen LogP contribution in [-0.2, 0) is 9.59 Å². The number of rotatable bonds is 5. The topological polar surface area (TPSA) is 55.9 Å². The number of carbonyl (C=O) groups is 2. The van der Waals surface area contributed by atoms with E-state index < -0.39 is 0 Å². The van der Waals surface area contributed by atoms with Crippen LogP contribution in [0.25, 0.3) is 0 Å². The SMILES string of the molecule is CC(=O)N(CC(=O)Nc1ccc(C)cc1C)c1ccc(N2CCN(C)CC2)cc1. The predicted octanol–water partition coefficient (Wildman–Crippen LogP) is 3.05. The molecule has 1 N–H and O–H groups in total. The molecule has 29 heavy (non-hydrogen) atoms. The molecule has 0 unspecified atom stereocenters. The molecule has 2 aromatic carbocycles. The second kappa shape index (κ2) is 9.09. The van der Waals surface area contributed by atoms with Gasteiger partial charge in [0.2, 0.25) is 11.8 Å². The molecule has 1 heterocycles. The summed E-state index contributed by atoms with van der Waals surface area (Å²) in [6, 6.07) is 13.8. The highest BCUT2D eigenvalue weighted by Gasteiger charge is 2.18. The number of hydrogen-bond donors (Lipinski definition) is 1. The number of nitrogens with one attached hydrogen (secondary N) is 1. The Kier molecular flexibility index (Phi) is 6.54. The minimum atomic E-state index is -0.213. The maximum atomic E-state index is 12.6. The lowest BCUT2D eigenvalue weighted by Gasteiger charge is -2.34. The first-order chi connectivity index (χ1) is 13.8. The number of anilines is 3. The van der Waals surface area contributed by atoms with E-state index in [1.807, 2.05) is 56.3 Å². The fourth-order valence-corrected chi connectivity index (χ4v) is 3.58. The maximum absolute atomic E-state index is 12.6. The lowest BCUT2D eigenvalue weighted by atomic mass is 10.1. The van der Waals surface area contributed by atoms with Crippen LogP contribution in [0.5, 0.6) is 0 Å². The van der Waals surface area contributed by atoms with Crippen molar-refractivity contribution in [1.29, 1.82) is 0 Å². The van der Waals surface area contributed by atoms with Gasteiger partial charge in [0.25, 0.3) is 0 Å². The third kappa shape index (κ3) is 5.35. The van der Waals surface area contributed by atoms with Gasteiger partial charge in [0.15, 0.2) is 0 Å². The lowest BCUT2D eigenvalue weighted by Crippen LogP contribution is -2.44. The van der Waals surface area contributed by atoms with Gasteiger partial charge in [-0.05, 0) is 56.8 Å². The minimum Gasteiger partial charge on any atom is -0.369 e. The van der Waals surface area contributed by atoms with Crippen molar-refractivity contribution in [1.82, 2.24) is 4.90 Å². The highest BCUT2D eigenvalue weighted by molar-refractivity contribution is 6.02. The van der Waals surface area contributed by atoms with Gasteiger partial charge in [-0.2, -0.15) is 0 Å². The summed E-state index contributed by atoms with van der Waals surface area (Å²) in [7, 11) is 2.13. The van der Waals surface area contributed by atoms with Crippen LogP contribution in [0.1, 0.15) is 18.1 Å². The standard InChI is InChI=1S/C23H30N4O2/c1-17-5-10-22(18(2)15-17)24-23(29)16-27(19(3)28)21-8-6-20(7-9-21)26-13-11-25(4)12-14-26/h5-10,15H,11-14,16H2,1-4H3,(H,24,29). The van der Waals surface area contributed by atoms with Crippen molar-refractivity contribution >= 4 is 28.9 Å². The van der Waals surface area contributed by atoms with Crippen molar-refractivity contribution in [2.75, 3.05) is 54.9 Å². The van der Waals surface area contributed by atoms with E-state index in [-0.39, 0.29) is 18.4 Å². The van der Waals surface area contributed by atoms with Gasteiger partial charge in [-0.25, -0.2) is 0 Å². The molecule has 0 spiro atoms. The predicted molar refractivity (Wildman–Crippen MR) is 119 cm³/mol. The molecular formula is C23H30N4O2. The fraction of sp³-hybridized carbons (Fsp3) is 0.391. The Hall–Kier alpha value is -2.86. The molecule has 6 nitrogen and oxygen atoms in total. The average molecular weight is 395 g/mol. The van der Waals surface area contributed by atoms with E-state index in [4.69, 9.17) is 0 Å². The Morgan fingerprint density at radius 2 is 1.66 bits per heavy atom. The maximum Gasteiger partial charge on any atom is 0.244 e. The zero-order valence-electron chi connectivity index (χ0n) is 17.7. The van der Waals surface area contributed by atoms with Crippen LogP contribution in [0.4, 0.5) is 17.1 Å². The summed E-state index contributed by atoms with van der Waals surface area (Å²) in [5.41, 5.74) is 4.79. The number of carbonyl (C=O) groups excluding carboxylic acids is 2. The van der Waals surface area contributed by atoms with Crippen molar-refractivity contribution < 1.29 is 9.59 Å². The second-order valence-corrected chi connectivity index (χ2v) is 7.78. The molecule has 0 bridgehead atoms. The third-order valence-electron chi connectivity index (χ3n) is 5.37. The van der Waals surface area contributed by atoms with Gasteiger partial charge in [0.05, 0.1) is 0 Å². The Labute approximate surface area is 173 Å².